The molecule has 0 spiro atoms. The normalized spacial score (nSPS) is 8.60. The molecule has 0 aliphatic heterocycles. The Kier molecular flexibility index (Phi) is 3.54. The van der Waals surface area contributed by atoms with E-state index in [4.69, 9.17) is 5.26 Å². The molecule has 0 fully saturated rings. The largest absolute Gasteiger partial charge is 0.302 e. The zero-order valence-electron chi connectivity index (χ0n) is 7.55. The molecule has 0 amide bonds. The molecule has 1 aromatic carbocycles. The first-order chi connectivity index (χ1) is 7.19. The fourth-order valence-corrected chi connectivity index (χ4v) is 0.931. The highest BCUT2D eigenvalue weighted by atomic mass is 19.2. The van der Waals surface area contributed by atoms with Crippen molar-refractivity contribution < 1.29 is 13.6 Å². The number of carbonyl (C=O) groups excluding carboxylic acids is 1. The first kappa shape index (κ1) is 10.9. The first-order valence-corrected chi connectivity index (χ1v) is 4.00. The molecule has 0 unspecified atom stereocenters. The average Bonchev–Trinajstić information content (AvgIpc) is 2.23. The van der Waals surface area contributed by atoms with E-state index >= 15 is 0 Å². The SMILES string of the molecule is N#Cc1cc(F)c(F)cc1C#CCC=O. The average molecular weight is 205 g/mol. The lowest BCUT2D eigenvalue weighted by molar-refractivity contribution is -0.107. The molecule has 1 rings (SSSR count). The molecule has 0 aliphatic carbocycles. The van der Waals surface area contributed by atoms with Gasteiger partial charge in [-0.3, -0.25) is 0 Å². The number of hydrogen-bond acceptors (Lipinski definition) is 2. The molecule has 0 atom stereocenters. The molecular formula is C11H5F2NO. The van der Waals surface area contributed by atoms with Gasteiger partial charge in [-0.25, -0.2) is 8.78 Å². The van der Waals surface area contributed by atoms with E-state index in [1.54, 1.807) is 6.07 Å². The summed E-state index contributed by atoms with van der Waals surface area (Å²) in [6, 6.07) is 3.31. The molecule has 4 heteroatoms. The topological polar surface area (TPSA) is 40.9 Å². The van der Waals surface area contributed by atoms with Crippen LogP contribution in [0.1, 0.15) is 17.5 Å². The van der Waals surface area contributed by atoms with Gasteiger partial charge >= 0.3 is 0 Å². The van der Waals surface area contributed by atoms with Gasteiger partial charge in [-0.05, 0) is 12.1 Å². The molecule has 0 heterocycles. The second kappa shape index (κ2) is 4.88. The Morgan fingerprint density at radius 3 is 2.40 bits per heavy atom. The Morgan fingerprint density at radius 2 is 1.87 bits per heavy atom. The lowest BCUT2D eigenvalue weighted by atomic mass is 10.1. The van der Waals surface area contributed by atoms with E-state index in [0.717, 1.165) is 12.1 Å². The summed E-state index contributed by atoms with van der Waals surface area (Å²) in [5.41, 5.74) is 0.0329. The van der Waals surface area contributed by atoms with Crippen LogP contribution in [0.5, 0.6) is 0 Å². The minimum atomic E-state index is -1.09. The Bertz CT molecular complexity index is 492. The van der Waals surface area contributed by atoms with Crippen LogP contribution in [0.3, 0.4) is 0 Å². The molecule has 0 saturated heterocycles. The maximum Gasteiger partial charge on any atom is 0.160 e. The van der Waals surface area contributed by atoms with Gasteiger partial charge in [0.1, 0.15) is 12.4 Å². The van der Waals surface area contributed by atoms with Crippen molar-refractivity contribution >= 4 is 6.29 Å². The van der Waals surface area contributed by atoms with Gasteiger partial charge in [0.25, 0.3) is 0 Å². The van der Waals surface area contributed by atoms with Crippen LogP contribution in [0.25, 0.3) is 0 Å². The lowest BCUT2D eigenvalue weighted by Gasteiger charge is -1.96. The molecule has 0 bridgehead atoms. The molecule has 0 radical (unpaired) electrons. The van der Waals surface area contributed by atoms with Gasteiger partial charge in [0, 0.05) is 5.56 Å². The van der Waals surface area contributed by atoms with E-state index in [9.17, 15) is 13.6 Å². The smallest absolute Gasteiger partial charge is 0.160 e. The highest BCUT2D eigenvalue weighted by Crippen LogP contribution is 2.13. The van der Waals surface area contributed by atoms with Crippen molar-refractivity contribution in [3.8, 4) is 17.9 Å². The standard InChI is InChI=1S/C11H5F2NO/c12-10-5-8(3-1-2-4-15)9(7-14)6-11(10)13/h4-6H,2H2. The number of aldehydes is 1. The van der Waals surface area contributed by atoms with Crippen LogP contribution in [0.2, 0.25) is 0 Å². The van der Waals surface area contributed by atoms with Gasteiger partial charge in [-0.15, -0.1) is 0 Å². The number of carbonyl (C=O) groups is 1. The van der Waals surface area contributed by atoms with Crippen LogP contribution >= 0.6 is 0 Å². The van der Waals surface area contributed by atoms with Gasteiger partial charge in [0.2, 0.25) is 0 Å². The molecule has 2 nitrogen and oxygen atoms in total. The van der Waals surface area contributed by atoms with Gasteiger partial charge < -0.3 is 4.79 Å². The number of nitriles is 1. The lowest BCUT2D eigenvalue weighted by Crippen LogP contribution is -1.91. The van der Waals surface area contributed by atoms with Gasteiger partial charge in [0.05, 0.1) is 12.0 Å². The zero-order valence-corrected chi connectivity index (χ0v) is 7.55. The summed E-state index contributed by atoms with van der Waals surface area (Å²) in [5.74, 6) is 2.68. The molecule has 0 N–H and O–H groups in total. The van der Waals surface area contributed by atoms with Crippen LogP contribution < -0.4 is 0 Å². The van der Waals surface area contributed by atoms with Crippen molar-refractivity contribution in [1.29, 1.82) is 5.26 Å². The summed E-state index contributed by atoms with van der Waals surface area (Å²) in [7, 11) is 0. The Balaban J connectivity index is 3.19. The van der Waals surface area contributed by atoms with Crippen LogP contribution in [0.15, 0.2) is 12.1 Å². The van der Waals surface area contributed by atoms with E-state index in [2.05, 4.69) is 11.8 Å². The Hall–Kier alpha value is -2.20. The van der Waals surface area contributed by atoms with E-state index in [-0.39, 0.29) is 17.5 Å². The summed E-state index contributed by atoms with van der Waals surface area (Å²) in [6.45, 7) is 0. The second-order valence-electron chi connectivity index (χ2n) is 2.60. The fraction of sp³-hybridized carbons (Fsp3) is 0.0909. The second-order valence-corrected chi connectivity index (χ2v) is 2.60. The summed E-state index contributed by atoms with van der Waals surface area (Å²) >= 11 is 0. The van der Waals surface area contributed by atoms with Crippen LogP contribution in [-0.2, 0) is 4.79 Å². The highest BCUT2D eigenvalue weighted by molar-refractivity contribution is 5.56. The minimum absolute atomic E-state index is 0.0101. The molecule has 0 saturated carbocycles. The molecule has 15 heavy (non-hydrogen) atoms. The van der Waals surface area contributed by atoms with E-state index in [1.165, 1.54) is 0 Å². The van der Waals surface area contributed by atoms with Gasteiger partial charge in [0.15, 0.2) is 11.6 Å². The van der Waals surface area contributed by atoms with Crippen LogP contribution in [-0.4, -0.2) is 6.29 Å². The minimum Gasteiger partial charge on any atom is -0.302 e. The number of benzene rings is 1. The molecule has 0 aliphatic rings. The van der Waals surface area contributed by atoms with Crippen LogP contribution in [0, 0.1) is 34.8 Å². The third-order valence-corrected chi connectivity index (χ3v) is 1.59. The maximum absolute atomic E-state index is 12.8. The highest BCUT2D eigenvalue weighted by Gasteiger charge is 2.07. The van der Waals surface area contributed by atoms with Crippen molar-refractivity contribution in [3.63, 3.8) is 0 Å². The van der Waals surface area contributed by atoms with E-state index in [0.29, 0.717) is 6.29 Å². The monoisotopic (exact) mass is 205 g/mol. The van der Waals surface area contributed by atoms with Crippen molar-refractivity contribution in [1.82, 2.24) is 0 Å². The Morgan fingerprint density at radius 1 is 1.27 bits per heavy atom. The van der Waals surface area contributed by atoms with Gasteiger partial charge in [-0.2, -0.15) is 5.26 Å². The number of nitrogens with zero attached hydrogens (tertiary/aromatic N) is 1. The number of halogens is 2. The molecule has 0 aromatic heterocycles. The summed E-state index contributed by atoms with van der Waals surface area (Å²) in [6.07, 6.45) is 0.572. The Labute approximate surface area is 85.1 Å². The summed E-state index contributed by atoms with van der Waals surface area (Å²) in [4.78, 5) is 9.97. The van der Waals surface area contributed by atoms with E-state index < -0.39 is 11.6 Å². The summed E-state index contributed by atoms with van der Waals surface area (Å²) < 4.78 is 25.5. The van der Waals surface area contributed by atoms with Crippen molar-refractivity contribution in [2.45, 2.75) is 6.42 Å². The fourth-order valence-electron chi connectivity index (χ4n) is 0.931. The summed E-state index contributed by atoms with van der Waals surface area (Å²) in [5, 5.41) is 8.61. The third-order valence-electron chi connectivity index (χ3n) is 1.59. The van der Waals surface area contributed by atoms with Gasteiger partial charge in [-0.1, -0.05) is 11.8 Å². The predicted molar refractivity (Wildman–Crippen MR) is 48.6 cm³/mol. The molecular weight excluding hydrogens is 200 g/mol. The molecule has 1 aromatic rings. The zero-order chi connectivity index (χ0) is 11.3. The first-order valence-electron chi connectivity index (χ1n) is 4.00. The third kappa shape index (κ3) is 2.62. The molecule has 74 valence electrons. The van der Waals surface area contributed by atoms with Crippen molar-refractivity contribution in [2.24, 2.45) is 0 Å². The number of rotatable bonds is 1. The van der Waals surface area contributed by atoms with E-state index in [1.807, 2.05) is 0 Å². The predicted octanol–water partition coefficient (Wildman–Crippen LogP) is 1.78. The van der Waals surface area contributed by atoms with Crippen molar-refractivity contribution in [2.75, 3.05) is 0 Å². The quantitative estimate of drug-likeness (QED) is 0.518. The van der Waals surface area contributed by atoms with Crippen LogP contribution in [0.4, 0.5) is 8.78 Å². The number of hydrogen-bond donors (Lipinski definition) is 0. The maximum atomic E-state index is 12.8. The van der Waals surface area contributed by atoms with Crippen molar-refractivity contribution in [3.05, 3.63) is 34.9 Å².